The molecular formula is C15H17NO. The van der Waals surface area contributed by atoms with Crippen LogP contribution < -0.4 is 5.73 Å². The number of benzene rings is 2. The van der Waals surface area contributed by atoms with Crippen molar-refractivity contribution in [2.24, 2.45) is 0 Å². The van der Waals surface area contributed by atoms with Crippen molar-refractivity contribution in [1.29, 1.82) is 0 Å². The molecule has 0 aliphatic heterocycles. The Hall–Kier alpha value is -1.80. The van der Waals surface area contributed by atoms with Crippen molar-refractivity contribution >= 4 is 5.69 Å². The molecule has 0 fully saturated rings. The maximum absolute atomic E-state index is 10.3. The molecule has 0 aromatic heterocycles. The molecule has 1 atom stereocenters. The monoisotopic (exact) mass is 227 g/mol. The Labute approximate surface area is 102 Å². The van der Waals surface area contributed by atoms with E-state index in [1.54, 1.807) is 0 Å². The van der Waals surface area contributed by atoms with E-state index in [-0.39, 0.29) is 0 Å². The van der Waals surface area contributed by atoms with Crippen LogP contribution in [0.25, 0.3) is 0 Å². The number of anilines is 1. The van der Waals surface area contributed by atoms with Gasteiger partial charge in [-0.1, -0.05) is 42.0 Å². The highest BCUT2D eigenvalue weighted by molar-refractivity contribution is 5.52. The number of rotatable bonds is 2. The van der Waals surface area contributed by atoms with Gasteiger partial charge >= 0.3 is 0 Å². The van der Waals surface area contributed by atoms with E-state index in [2.05, 4.69) is 0 Å². The zero-order valence-corrected chi connectivity index (χ0v) is 10.1. The minimum absolute atomic E-state index is 0.637. The van der Waals surface area contributed by atoms with Crippen LogP contribution in [0.5, 0.6) is 0 Å². The maximum Gasteiger partial charge on any atom is 0.106 e. The molecule has 2 rings (SSSR count). The predicted molar refractivity (Wildman–Crippen MR) is 70.8 cm³/mol. The first-order valence-corrected chi connectivity index (χ1v) is 5.68. The van der Waals surface area contributed by atoms with Crippen LogP contribution in [0.2, 0.25) is 0 Å². The van der Waals surface area contributed by atoms with Crippen molar-refractivity contribution in [2.75, 3.05) is 5.73 Å². The zero-order valence-electron chi connectivity index (χ0n) is 10.1. The van der Waals surface area contributed by atoms with E-state index in [9.17, 15) is 5.11 Å². The molecule has 1 unspecified atom stereocenters. The molecule has 2 aromatic carbocycles. The Balaban J connectivity index is 2.36. The minimum atomic E-state index is -0.656. The van der Waals surface area contributed by atoms with Gasteiger partial charge in [-0.15, -0.1) is 0 Å². The van der Waals surface area contributed by atoms with Crippen LogP contribution in [0.1, 0.15) is 28.4 Å². The molecule has 88 valence electrons. The van der Waals surface area contributed by atoms with Gasteiger partial charge in [0.25, 0.3) is 0 Å². The second-order valence-corrected chi connectivity index (χ2v) is 4.45. The minimum Gasteiger partial charge on any atom is -0.398 e. The van der Waals surface area contributed by atoms with Crippen molar-refractivity contribution in [3.63, 3.8) is 0 Å². The molecule has 0 heterocycles. The van der Waals surface area contributed by atoms with E-state index in [1.807, 2.05) is 56.3 Å². The summed E-state index contributed by atoms with van der Waals surface area (Å²) in [6.45, 7) is 4.01. The third kappa shape index (κ3) is 2.48. The SMILES string of the molecule is Cc1ccc(C(O)c2ccc(C)cc2N)cc1. The van der Waals surface area contributed by atoms with Gasteiger partial charge in [0.2, 0.25) is 0 Å². The Kier molecular flexibility index (Phi) is 3.16. The van der Waals surface area contributed by atoms with Gasteiger partial charge in [0.15, 0.2) is 0 Å². The molecule has 2 heteroatoms. The third-order valence-electron chi connectivity index (χ3n) is 2.93. The summed E-state index contributed by atoms with van der Waals surface area (Å²) in [7, 11) is 0. The highest BCUT2D eigenvalue weighted by atomic mass is 16.3. The summed E-state index contributed by atoms with van der Waals surface area (Å²) in [5.74, 6) is 0. The molecule has 17 heavy (non-hydrogen) atoms. The number of nitrogens with two attached hydrogens (primary N) is 1. The largest absolute Gasteiger partial charge is 0.398 e. The van der Waals surface area contributed by atoms with Gasteiger partial charge in [0.05, 0.1) is 0 Å². The predicted octanol–water partition coefficient (Wildman–Crippen LogP) is 2.97. The van der Waals surface area contributed by atoms with Crippen LogP contribution in [0, 0.1) is 13.8 Å². The highest BCUT2D eigenvalue weighted by Crippen LogP contribution is 2.27. The van der Waals surface area contributed by atoms with Crippen LogP contribution in [0.15, 0.2) is 42.5 Å². The summed E-state index contributed by atoms with van der Waals surface area (Å²) in [5, 5.41) is 10.3. The average molecular weight is 227 g/mol. The summed E-state index contributed by atoms with van der Waals surface area (Å²) in [6.07, 6.45) is -0.656. The lowest BCUT2D eigenvalue weighted by Crippen LogP contribution is -2.04. The van der Waals surface area contributed by atoms with E-state index in [0.29, 0.717) is 5.69 Å². The highest BCUT2D eigenvalue weighted by Gasteiger charge is 2.12. The van der Waals surface area contributed by atoms with E-state index >= 15 is 0 Å². The topological polar surface area (TPSA) is 46.2 Å². The quantitative estimate of drug-likeness (QED) is 0.775. The first kappa shape index (κ1) is 11.7. The molecule has 0 bridgehead atoms. The van der Waals surface area contributed by atoms with Gasteiger partial charge in [-0.25, -0.2) is 0 Å². The lowest BCUT2D eigenvalue weighted by molar-refractivity contribution is 0.221. The van der Waals surface area contributed by atoms with Gasteiger partial charge in [-0.05, 0) is 31.0 Å². The van der Waals surface area contributed by atoms with E-state index in [1.165, 1.54) is 5.56 Å². The number of aliphatic hydroxyl groups excluding tert-OH is 1. The maximum atomic E-state index is 10.3. The normalized spacial score (nSPS) is 12.4. The number of nitrogen functional groups attached to an aromatic ring is 1. The van der Waals surface area contributed by atoms with Crippen LogP contribution >= 0.6 is 0 Å². The molecule has 2 aromatic rings. The van der Waals surface area contributed by atoms with Gasteiger partial charge < -0.3 is 10.8 Å². The lowest BCUT2D eigenvalue weighted by Gasteiger charge is -2.14. The van der Waals surface area contributed by atoms with Gasteiger partial charge in [0, 0.05) is 11.3 Å². The fourth-order valence-electron chi connectivity index (χ4n) is 1.87. The summed E-state index contributed by atoms with van der Waals surface area (Å²) in [4.78, 5) is 0. The van der Waals surface area contributed by atoms with E-state index < -0.39 is 6.10 Å². The first-order valence-electron chi connectivity index (χ1n) is 5.68. The van der Waals surface area contributed by atoms with Crippen LogP contribution in [0.3, 0.4) is 0 Å². The number of hydrogen-bond acceptors (Lipinski definition) is 2. The second kappa shape index (κ2) is 4.60. The van der Waals surface area contributed by atoms with Crippen molar-refractivity contribution in [1.82, 2.24) is 0 Å². The van der Waals surface area contributed by atoms with Gasteiger partial charge in [-0.2, -0.15) is 0 Å². The third-order valence-corrected chi connectivity index (χ3v) is 2.93. The number of hydrogen-bond donors (Lipinski definition) is 2. The molecule has 2 nitrogen and oxygen atoms in total. The average Bonchev–Trinajstić information content (AvgIpc) is 2.29. The molecule has 3 N–H and O–H groups in total. The first-order chi connectivity index (χ1) is 8.08. The summed E-state index contributed by atoms with van der Waals surface area (Å²) in [6, 6.07) is 13.6. The van der Waals surface area contributed by atoms with Crippen molar-refractivity contribution in [3.05, 3.63) is 64.7 Å². The lowest BCUT2D eigenvalue weighted by atomic mass is 9.98. The molecule has 0 saturated heterocycles. The Morgan fingerprint density at radius 2 is 1.53 bits per heavy atom. The second-order valence-electron chi connectivity index (χ2n) is 4.45. The molecule has 0 aliphatic carbocycles. The number of aliphatic hydroxyl groups is 1. The smallest absolute Gasteiger partial charge is 0.106 e. The van der Waals surface area contributed by atoms with Crippen molar-refractivity contribution in [3.8, 4) is 0 Å². The Morgan fingerprint density at radius 3 is 2.12 bits per heavy atom. The van der Waals surface area contributed by atoms with Crippen molar-refractivity contribution in [2.45, 2.75) is 20.0 Å². The van der Waals surface area contributed by atoms with E-state index in [4.69, 9.17) is 5.73 Å². The summed E-state index contributed by atoms with van der Waals surface area (Å²) in [5.41, 5.74) is 10.5. The van der Waals surface area contributed by atoms with Gasteiger partial charge in [0.1, 0.15) is 6.10 Å². The summed E-state index contributed by atoms with van der Waals surface area (Å²) >= 11 is 0. The molecule has 0 spiro atoms. The molecular weight excluding hydrogens is 210 g/mol. The van der Waals surface area contributed by atoms with E-state index in [0.717, 1.165) is 16.7 Å². The standard InChI is InChI=1S/C15H17NO/c1-10-3-6-12(7-4-10)15(17)13-8-5-11(2)9-14(13)16/h3-9,15,17H,16H2,1-2H3. The molecule has 0 saturated carbocycles. The van der Waals surface area contributed by atoms with Crippen LogP contribution in [-0.2, 0) is 0 Å². The number of aryl methyl sites for hydroxylation is 2. The Bertz CT molecular complexity index is 517. The molecule has 0 radical (unpaired) electrons. The van der Waals surface area contributed by atoms with Gasteiger partial charge in [-0.3, -0.25) is 0 Å². The van der Waals surface area contributed by atoms with Crippen molar-refractivity contribution < 1.29 is 5.11 Å². The zero-order chi connectivity index (χ0) is 12.4. The molecule has 0 aliphatic rings. The fraction of sp³-hybridized carbons (Fsp3) is 0.200. The Morgan fingerprint density at radius 1 is 0.941 bits per heavy atom. The fourth-order valence-corrected chi connectivity index (χ4v) is 1.87. The summed E-state index contributed by atoms with van der Waals surface area (Å²) < 4.78 is 0. The van der Waals surface area contributed by atoms with Crippen LogP contribution in [0.4, 0.5) is 5.69 Å². The molecule has 0 amide bonds. The van der Waals surface area contributed by atoms with Crippen LogP contribution in [-0.4, -0.2) is 5.11 Å².